The SMILES string of the molecule is C[C@H](CO)NS(=O)(=O)c1ccc(F)cc1F. The van der Waals surface area contributed by atoms with E-state index >= 15 is 0 Å². The second-order valence-corrected chi connectivity index (χ2v) is 4.96. The molecule has 0 unspecified atom stereocenters. The van der Waals surface area contributed by atoms with Crippen LogP contribution in [-0.4, -0.2) is 26.2 Å². The zero-order valence-electron chi connectivity index (χ0n) is 8.44. The molecule has 1 aromatic carbocycles. The first kappa shape index (κ1) is 13.0. The van der Waals surface area contributed by atoms with Crippen molar-refractivity contribution in [1.29, 1.82) is 0 Å². The third-order valence-electron chi connectivity index (χ3n) is 1.81. The molecule has 1 atom stereocenters. The monoisotopic (exact) mass is 251 g/mol. The van der Waals surface area contributed by atoms with Gasteiger partial charge in [0.2, 0.25) is 10.0 Å². The Morgan fingerprint density at radius 2 is 2.06 bits per heavy atom. The molecular formula is C9H11F2NO3S. The molecule has 0 amide bonds. The zero-order chi connectivity index (χ0) is 12.3. The summed E-state index contributed by atoms with van der Waals surface area (Å²) < 4.78 is 50.9. The Balaban J connectivity index is 3.08. The molecular weight excluding hydrogens is 240 g/mol. The van der Waals surface area contributed by atoms with Gasteiger partial charge in [-0.05, 0) is 19.1 Å². The van der Waals surface area contributed by atoms with Gasteiger partial charge in [-0.25, -0.2) is 21.9 Å². The fourth-order valence-electron chi connectivity index (χ4n) is 1.06. The number of benzene rings is 1. The molecule has 0 saturated carbocycles. The summed E-state index contributed by atoms with van der Waals surface area (Å²) in [7, 11) is -4.07. The van der Waals surface area contributed by atoms with E-state index in [0.717, 1.165) is 12.1 Å². The number of sulfonamides is 1. The molecule has 7 heteroatoms. The summed E-state index contributed by atoms with van der Waals surface area (Å²) in [6.07, 6.45) is 0. The molecule has 4 nitrogen and oxygen atoms in total. The predicted octanol–water partition coefficient (Wildman–Crippen LogP) is 0.624. The highest BCUT2D eigenvalue weighted by Crippen LogP contribution is 2.15. The van der Waals surface area contributed by atoms with Crippen molar-refractivity contribution in [3.05, 3.63) is 29.8 Å². The van der Waals surface area contributed by atoms with Crippen LogP contribution in [0, 0.1) is 11.6 Å². The molecule has 0 spiro atoms. The van der Waals surface area contributed by atoms with Crippen LogP contribution in [-0.2, 0) is 10.0 Å². The van der Waals surface area contributed by atoms with Crippen molar-refractivity contribution in [2.24, 2.45) is 0 Å². The molecule has 0 radical (unpaired) electrons. The van der Waals surface area contributed by atoms with E-state index in [4.69, 9.17) is 5.11 Å². The largest absolute Gasteiger partial charge is 0.395 e. The van der Waals surface area contributed by atoms with Gasteiger partial charge < -0.3 is 5.11 Å². The van der Waals surface area contributed by atoms with E-state index in [1.807, 2.05) is 4.72 Å². The first-order valence-corrected chi connectivity index (χ1v) is 5.93. The normalized spacial score (nSPS) is 13.8. The van der Waals surface area contributed by atoms with Gasteiger partial charge in [0, 0.05) is 12.1 Å². The van der Waals surface area contributed by atoms with Gasteiger partial charge in [0.1, 0.15) is 16.5 Å². The smallest absolute Gasteiger partial charge is 0.243 e. The minimum atomic E-state index is -4.07. The highest BCUT2D eigenvalue weighted by Gasteiger charge is 2.21. The van der Waals surface area contributed by atoms with Crippen molar-refractivity contribution in [2.75, 3.05) is 6.61 Å². The van der Waals surface area contributed by atoms with E-state index < -0.39 is 39.2 Å². The van der Waals surface area contributed by atoms with Gasteiger partial charge >= 0.3 is 0 Å². The average molecular weight is 251 g/mol. The fourth-order valence-corrected chi connectivity index (χ4v) is 2.35. The molecule has 0 heterocycles. The lowest BCUT2D eigenvalue weighted by Crippen LogP contribution is -2.35. The Hall–Kier alpha value is -1.05. The van der Waals surface area contributed by atoms with Crippen LogP contribution in [0.25, 0.3) is 0 Å². The first-order chi connectivity index (χ1) is 7.36. The molecule has 0 aliphatic heterocycles. The van der Waals surface area contributed by atoms with Gasteiger partial charge in [-0.3, -0.25) is 0 Å². The highest BCUT2D eigenvalue weighted by molar-refractivity contribution is 7.89. The van der Waals surface area contributed by atoms with Crippen molar-refractivity contribution in [3.8, 4) is 0 Å². The Labute approximate surface area is 92.0 Å². The Morgan fingerprint density at radius 1 is 1.44 bits per heavy atom. The average Bonchev–Trinajstić information content (AvgIpc) is 2.16. The van der Waals surface area contributed by atoms with E-state index in [9.17, 15) is 17.2 Å². The van der Waals surface area contributed by atoms with E-state index in [-0.39, 0.29) is 0 Å². The van der Waals surface area contributed by atoms with Crippen molar-refractivity contribution >= 4 is 10.0 Å². The highest BCUT2D eigenvalue weighted by atomic mass is 32.2. The summed E-state index contributed by atoms with van der Waals surface area (Å²) >= 11 is 0. The minimum Gasteiger partial charge on any atom is -0.395 e. The molecule has 16 heavy (non-hydrogen) atoms. The lowest BCUT2D eigenvalue weighted by molar-refractivity contribution is 0.265. The van der Waals surface area contributed by atoms with E-state index in [0.29, 0.717) is 6.07 Å². The summed E-state index contributed by atoms with van der Waals surface area (Å²) in [4.78, 5) is -0.644. The van der Waals surface area contributed by atoms with Crippen molar-refractivity contribution < 1.29 is 22.3 Å². The molecule has 0 aromatic heterocycles. The Bertz CT molecular complexity index is 476. The van der Waals surface area contributed by atoms with Crippen LogP contribution in [0.1, 0.15) is 6.92 Å². The van der Waals surface area contributed by atoms with E-state index in [1.54, 1.807) is 0 Å². The molecule has 1 rings (SSSR count). The molecule has 0 bridgehead atoms. The van der Waals surface area contributed by atoms with Gasteiger partial charge in [0.25, 0.3) is 0 Å². The van der Waals surface area contributed by atoms with Crippen LogP contribution in [0.5, 0.6) is 0 Å². The Kier molecular flexibility index (Phi) is 3.95. The van der Waals surface area contributed by atoms with Gasteiger partial charge in [0.05, 0.1) is 6.61 Å². The molecule has 2 N–H and O–H groups in total. The van der Waals surface area contributed by atoms with Crippen molar-refractivity contribution in [2.45, 2.75) is 17.9 Å². The number of halogens is 2. The second-order valence-electron chi connectivity index (χ2n) is 3.28. The maximum Gasteiger partial charge on any atom is 0.243 e. The third-order valence-corrected chi connectivity index (χ3v) is 3.44. The van der Waals surface area contributed by atoms with Gasteiger partial charge in [-0.2, -0.15) is 0 Å². The summed E-state index contributed by atoms with van der Waals surface area (Å²) in [6, 6.07) is 1.42. The molecule has 0 saturated heterocycles. The predicted molar refractivity (Wildman–Crippen MR) is 53.2 cm³/mol. The maximum atomic E-state index is 13.2. The van der Waals surface area contributed by atoms with Crippen LogP contribution in [0.4, 0.5) is 8.78 Å². The lowest BCUT2D eigenvalue weighted by atomic mass is 10.3. The summed E-state index contributed by atoms with van der Waals surface area (Å²) in [6.45, 7) is 1.00. The van der Waals surface area contributed by atoms with Crippen LogP contribution in [0.15, 0.2) is 23.1 Å². The maximum absolute atomic E-state index is 13.2. The van der Waals surface area contributed by atoms with Crippen LogP contribution >= 0.6 is 0 Å². The third kappa shape index (κ3) is 2.97. The second kappa shape index (κ2) is 4.86. The van der Waals surface area contributed by atoms with Gasteiger partial charge in [0.15, 0.2) is 0 Å². The number of nitrogens with one attached hydrogen (secondary N) is 1. The molecule has 0 fully saturated rings. The van der Waals surface area contributed by atoms with Gasteiger partial charge in [-0.15, -0.1) is 0 Å². The number of aliphatic hydroxyl groups excluding tert-OH is 1. The van der Waals surface area contributed by atoms with Crippen molar-refractivity contribution in [1.82, 2.24) is 4.72 Å². The quantitative estimate of drug-likeness (QED) is 0.824. The molecule has 0 aliphatic carbocycles. The number of hydrogen-bond acceptors (Lipinski definition) is 3. The van der Waals surface area contributed by atoms with Crippen LogP contribution in [0.3, 0.4) is 0 Å². The number of aliphatic hydroxyl groups is 1. The number of rotatable bonds is 4. The molecule has 90 valence electrons. The van der Waals surface area contributed by atoms with Gasteiger partial charge in [-0.1, -0.05) is 0 Å². The summed E-state index contributed by atoms with van der Waals surface area (Å²) in [5.74, 6) is -2.02. The van der Waals surface area contributed by atoms with Crippen molar-refractivity contribution in [3.63, 3.8) is 0 Å². The number of hydrogen-bond donors (Lipinski definition) is 2. The van der Waals surface area contributed by atoms with Crippen LogP contribution in [0.2, 0.25) is 0 Å². The zero-order valence-corrected chi connectivity index (χ0v) is 9.26. The standard InChI is InChI=1S/C9H11F2NO3S/c1-6(5-13)12-16(14,15)9-3-2-7(10)4-8(9)11/h2-4,6,12-13H,5H2,1H3/t6-/m1/s1. The first-order valence-electron chi connectivity index (χ1n) is 4.45. The fraction of sp³-hybridized carbons (Fsp3) is 0.333. The lowest BCUT2D eigenvalue weighted by Gasteiger charge is -2.11. The summed E-state index contributed by atoms with van der Waals surface area (Å²) in [5, 5.41) is 8.68. The van der Waals surface area contributed by atoms with E-state index in [2.05, 4.69) is 0 Å². The topological polar surface area (TPSA) is 66.4 Å². The molecule has 1 aromatic rings. The van der Waals surface area contributed by atoms with E-state index in [1.165, 1.54) is 6.92 Å². The summed E-state index contributed by atoms with van der Waals surface area (Å²) in [5.41, 5.74) is 0. The molecule has 0 aliphatic rings. The van der Waals surface area contributed by atoms with Crippen LogP contribution < -0.4 is 4.72 Å². The Morgan fingerprint density at radius 3 is 2.56 bits per heavy atom. The minimum absolute atomic E-state index is 0.415.